The van der Waals surface area contributed by atoms with Gasteiger partial charge in [-0.3, -0.25) is 0 Å². The van der Waals surface area contributed by atoms with Gasteiger partial charge in [-0.1, -0.05) is 0 Å². The molecule has 0 unspecified atom stereocenters. The van der Waals surface area contributed by atoms with Crippen LogP contribution in [0.5, 0.6) is 0 Å². The molecule has 0 radical (unpaired) electrons. The molecule has 0 heterocycles. The number of rotatable bonds is 12. The second-order valence-electron chi connectivity index (χ2n) is 3.25. The van der Waals surface area contributed by atoms with Gasteiger partial charge in [-0.05, 0) is 0 Å². The lowest BCUT2D eigenvalue weighted by Crippen LogP contribution is -2.50. The number of quaternary nitrogens is 2. The third-order valence-electron chi connectivity index (χ3n) is 1.82. The van der Waals surface area contributed by atoms with Gasteiger partial charge in [-0.25, -0.2) is 0 Å². The fourth-order valence-electron chi connectivity index (χ4n) is 0.950. The quantitative estimate of drug-likeness (QED) is 0.386. The summed E-state index contributed by atoms with van der Waals surface area (Å²) in [5.41, 5.74) is 7.47. The fraction of sp³-hybridized carbons (Fsp3) is 1.00. The van der Waals surface area contributed by atoms with Crippen LogP contribution >= 0.6 is 0 Å². The molecule has 0 rings (SSSR count). The minimum absolute atomic E-state index is 0.649. The smallest absolute Gasteiger partial charge is 0.0762 e. The molecule has 0 aliphatic rings. The Morgan fingerprint density at radius 3 is 1.20 bits per heavy atom. The van der Waals surface area contributed by atoms with Crippen molar-refractivity contribution < 1.29 is 25.7 Å². The Morgan fingerprint density at radius 1 is 0.533 bits per heavy atom. The average molecular weight is 222 g/mol. The van der Waals surface area contributed by atoms with Crippen LogP contribution in [0.3, 0.4) is 0 Å². The number of ether oxygens (including phenoxy) is 3. The van der Waals surface area contributed by atoms with E-state index < -0.39 is 0 Å². The molecule has 0 aliphatic heterocycles. The fourth-order valence-corrected chi connectivity index (χ4v) is 0.950. The van der Waals surface area contributed by atoms with E-state index in [1.54, 1.807) is 0 Å². The standard InChI is InChI=1S/C10H24N2O3/c11-3-1-5-13-7-9-15-10-8-14-6-2-4-12/h1-12H2/p+2. The molecular formula is C10H26N2O3+2. The minimum Gasteiger partial charge on any atom is -0.379 e. The molecule has 0 spiro atoms. The second-order valence-corrected chi connectivity index (χ2v) is 3.25. The highest BCUT2D eigenvalue weighted by atomic mass is 16.5. The molecule has 0 amide bonds. The van der Waals surface area contributed by atoms with Crippen molar-refractivity contribution in [2.45, 2.75) is 12.8 Å². The molecule has 0 fully saturated rings. The van der Waals surface area contributed by atoms with E-state index in [0.29, 0.717) is 26.4 Å². The summed E-state index contributed by atoms with van der Waals surface area (Å²) in [4.78, 5) is 0. The van der Waals surface area contributed by atoms with Crippen molar-refractivity contribution >= 4 is 0 Å². The maximum Gasteiger partial charge on any atom is 0.0762 e. The zero-order valence-corrected chi connectivity index (χ0v) is 9.71. The van der Waals surface area contributed by atoms with E-state index in [2.05, 4.69) is 11.5 Å². The van der Waals surface area contributed by atoms with Crippen molar-refractivity contribution in [3.05, 3.63) is 0 Å². The van der Waals surface area contributed by atoms with Crippen molar-refractivity contribution in [1.82, 2.24) is 0 Å². The summed E-state index contributed by atoms with van der Waals surface area (Å²) in [6, 6.07) is 0. The van der Waals surface area contributed by atoms with E-state index >= 15 is 0 Å². The van der Waals surface area contributed by atoms with Gasteiger partial charge in [0, 0.05) is 12.8 Å². The average Bonchev–Trinajstić information content (AvgIpc) is 2.26. The lowest BCUT2D eigenvalue weighted by Gasteiger charge is -2.05. The van der Waals surface area contributed by atoms with Crippen molar-refractivity contribution in [3.8, 4) is 0 Å². The molecule has 5 heteroatoms. The van der Waals surface area contributed by atoms with Crippen molar-refractivity contribution in [1.29, 1.82) is 0 Å². The van der Waals surface area contributed by atoms with E-state index in [-0.39, 0.29) is 0 Å². The molecule has 15 heavy (non-hydrogen) atoms. The summed E-state index contributed by atoms with van der Waals surface area (Å²) in [5, 5.41) is 0. The van der Waals surface area contributed by atoms with Gasteiger partial charge in [0.2, 0.25) is 0 Å². The molecule has 0 saturated heterocycles. The minimum atomic E-state index is 0.649. The summed E-state index contributed by atoms with van der Waals surface area (Å²) >= 11 is 0. The molecule has 92 valence electrons. The molecule has 0 aromatic heterocycles. The predicted octanol–water partition coefficient (Wildman–Crippen LogP) is -1.70. The van der Waals surface area contributed by atoms with E-state index in [1.807, 2.05) is 0 Å². The molecule has 0 aromatic rings. The summed E-state index contributed by atoms with van der Waals surface area (Å²) in [6.45, 7) is 6.06. The highest BCUT2D eigenvalue weighted by molar-refractivity contribution is 4.35. The zero-order valence-electron chi connectivity index (χ0n) is 9.71. The van der Waals surface area contributed by atoms with E-state index in [0.717, 1.165) is 39.1 Å². The SMILES string of the molecule is [NH3+]CCCOCCOCCOCCC[NH3+]. The largest absolute Gasteiger partial charge is 0.379 e. The first kappa shape index (κ1) is 14.8. The summed E-state index contributed by atoms with van der Waals surface area (Å²) in [5.74, 6) is 0. The first-order valence-electron chi connectivity index (χ1n) is 5.73. The third kappa shape index (κ3) is 13.8. The van der Waals surface area contributed by atoms with Gasteiger partial charge in [0.05, 0.1) is 52.7 Å². The lowest BCUT2D eigenvalue weighted by atomic mass is 10.5. The van der Waals surface area contributed by atoms with E-state index in [1.165, 1.54) is 0 Å². The van der Waals surface area contributed by atoms with Gasteiger partial charge in [0.15, 0.2) is 0 Å². The van der Waals surface area contributed by atoms with Crippen LogP contribution in [0.15, 0.2) is 0 Å². The van der Waals surface area contributed by atoms with Gasteiger partial charge in [0.25, 0.3) is 0 Å². The maximum absolute atomic E-state index is 5.31. The van der Waals surface area contributed by atoms with Crippen molar-refractivity contribution in [2.75, 3.05) is 52.7 Å². The lowest BCUT2D eigenvalue weighted by molar-refractivity contribution is -0.369. The van der Waals surface area contributed by atoms with Crippen LogP contribution in [-0.2, 0) is 14.2 Å². The van der Waals surface area contributed by atoms with Crippen LogP contribution < -0.4 is 11.5 Å². The number of hydrogen-bond acceptors (Lipinski definition) is 3. The normalized spacial score (nSPS) is 10.8. The molecule has 5 nitrogen and oxygen atoms in total. The zero-order chi connectivity index (χ0) is 11.2. The topological polar surface area (TPSA) is 83.0 Å². The van der Waals surface area contributed by atoms with Crippen molar-refractivity contribution in [2.24, 2.45) is 0 Å². The Kier molecular flexibility index (Phi) is 13.6. The van der Waals surface area contributed by atoms with E-state index in [4.69, 9.17) is 14.2 Å². The highest BCUT2D eigenvalue weighted by Gasteiger charge is 1.91. The van der Waals surface area contributed by atoms with Crippen LogP contribution in [0.1, 0.15) is 12.8 Å². The predicted molar refractivity (Wildman–Crippen MR) is 57.2 cm³/mol. The van der Waals surface area contributed by atoms with Gasteiger partial charge in [0.1, 0.15) is 0 Å². The van der Waals surface area contributed by atoms with Crippen LogP contribution in [0.4, 0.5) is 0 Å². The molecule has 0 aromatic carbocycles. The van der Waals surface area contributed by atoms with Gasteiger partial charge < -0.3 is 25.7 Å². The summed E-state index contributed by atoms with van der Waals surface area (Å²) in [7, 11) is 0. The Morgan fingerprint density at radius 2 is 0.867 bits per heavy atom. The molecule has 0 aliphatic carbocycles. The van der Waals surface area contributed by atoms with Gasteiger partial charge in [-0.15, -0.1) is 0 Å². The van der Waals surface area contributed by atoms with E-state index in [9.17, 15) is 0 Å². The maximum atomic E-state index is 5.31. The third-order valence-corrected chi connectivity index (χ3v) is 1.82. The Labute approximate surface area is 92.0 Å². The second kappa shape index (κ2) is 13.8. The summed E-state index contributed by atoms with van der Waals surface area (Å²) in [6.07, 6.45) is 2.04. The Bertz CT molecular complexity index is 103. The molecule has 6 N–H and O–H groups in total. The first-order valence-corrected chi connectivity index (χ1v) is 5.73. The van der Waals surface area contributed by atoms with Crippen LogP contribution in [0.25, 0.3) is 0 Å². The van der Waals surface area contributed by atoms with Crippen LogP contribution in [-0.4, -0.2) is 52.7 Å². The number of hydrogen-bond donors (Lipinski definition) is 2. The molecule has 0 atom stereocenters. The molecule has 0 bridgehead atoms. The van der Waals surface area contributed by atoms with Gasteiger partial charge in [-0.2, -0.15) is 0 Å². The Hall–Kier alpha value is -0.200. The van der Waals surface area contributed by atoms with Crippen LogP contribution in [0.2, 0.25) is 0 Å². The van der Waals surface area contributed by atoms with Gasteiger partial charge >= 0.3 is 0 Å². The Balaban J connectivity index is 2.81. The highest BCUT2D eigenvalue weighted by Crippen LogP contribution is 1.83. The summed E-state index contributed by atoms with van der Waals surface area (Å²) < 4.78 is 15.9. The molecular weight excluding hydrogens is 196 g/mol. The van der Waals surface area contributed by atoms with Crippen LogP contribution in [0, 0.1) is 0 Å². The molecule has 0 saturated carbocycles. The monoisotopic (exact) mass is 222 g/mol. The first-order chi connectivity index (χ1) is 7.41. The van der Waals surface area contributed by atoms with Crippen molar-refractivity contribution in [3.63, 3.8) is 0 Å².